The summed E-state index contributed by atoms with van der Waals surface area (Å²) in [6.07, 6.45) is 0.530. The lowest BCUT2D eigenvalue weighted by Crippen LogP contribution is -2.32. The van der Waals surface area contributed by atoms with Crippen LogP contribution < -0.4 is 4.74 Å². The minimum Gasteiger partial charge on any atom is -0.431 e. The smallest absolute Gasteiger partial charge is 0.270 e. The van der Waals surface area contributed by atoms with Crippen LogP contribution in [0.5, 0.6) is 5.75 Å². The molecule has 0 N–H and O–H groups in total. The lowest BCUT2D eigenvalue weighted by Gasteiger charge is -2.24. The summed E-state index contributed by atoms with van der Waals surface area (Å²) >= 11 is 5.23. The number of aldehydes is 1. The second-order valence-electron chi connectivity index (χ2n) is 7.39. The predicted octanol–water partition coefficient (Wildman–Crippen LogP) is 1.51. The Labute approximate surface area is 198 Å². The van der Waals surface area contributed by atoms with Crippen molar-refractivity contribution in [1.29, 1.82) is 0 Å². The summed E-state index contributed by atoms with van der Waals surface area (Å²) in [6.45, 7) is 5.03. The van der Waals surface area contributed by atoms with E-state index in [0.29, 0.717) is 77.8 Å². The fourth-order valence-electron chi connectivity index (χ4n) is 2.97. The van der Waals surface area contributed by atoms with Gasteiger partial charge in [-0.1, -0.05) is 0 Å². The van der Waals surface area contributed by atoms with Crippen LogP contribution in [0, 0.1) is 10.1 Å². The van der Waals surface area contributed by atoms with Gasteiger partial charge in [0.05, 0.1) is 63.3 Å². The summed E-state index contributed by atoms with van der Waals surface area (Å²) in [7, 11) is 3.42. The molecule has 1 aliphatic rings. The van der Waals surface area contributed by atoms with E-state index in [1.165, 1.54) is 12.1 Å². The molecule has 184 valence electrons. The van der Waals surface area contributed by atoms with E-state index in [-0.39, 0.29) is 28.7 Å². The van der Waals surface area contributed by atoms with E-state index in [9.17, 15) is 14.9 Å². The summed E-state index contributed by atoms with van der Waals surface area (Å²) < 4.78 is 27.9. The first kappa shape index (κ1) is 27.0. The van der Waals surface area contributed by atoms with E-state index >= 15 is 0 Å². The second-order valence-corrected chi connectivity index (χ2v) is 7.74. The van der Waals surface area contributed by atoms with Gasteiger partial charge in [-0.05, 0) is 12.2 Å². The van der Waals surface area contributed by atoms with E-state index in [4.69, 9.17) is 35.9 Å². The van der Waals surface area contributed by atoms with Gasteiger partial charge < -0.3 is 28.6 Å². The average molecular weight is 486 g/mol. The van der Waals surface area contributed by atoms with Crippen molar-refractivity contribution in [1.82, 2.24) is 9.80 Å². The fourth-order valence-corrected chi connectivity index (χ4v) is 3.05. The highest BCUT2D eigenvalue weighted by Crippen LogP contribution is 2.30. The van der Waals surface area contributed by atoms with Gasteiger partial charge >= 0.3 is 0 Å². The first-order chi connectivity index (χ1) is 15.9. The summed E-state index contributed by atoms with van der Waals surface area (Å²) in [6, 6.07) is 2.58. The molecule has 0 aliphatic carbocycles. The zero-order valence-corrected chi connectivity index (χ0v) is 19.8. The van der Waals surface area contributed by atoms with Gasteiger partial charge in [0.15, 0.2) is 6.29 Å². The normalized spacial score (nSPS) is 17.4. The van der Waals surface area contributed by atoms with Crippen molar-refractivity contribution in [2.24, 2.45) is 0 Å². The van der Waals surface area contributed by atoms with Crippen LogP contribution in [0.15, 0.2) is 12.1 Å². The second kappa shape index (κ2) is 14.8. The number of carbonyl (C=O) groups excluding carboxylic acids is 1. The molecule has 0 radical (unpaired) electrons. The molecule has 12 heteroatoms. The van der Waals surface area contributed by atoms with Crippen molar-refractivity contribution in [3.8, 4) is 5.75 Å². The quantitative estimate of drug-likeness (QED) is 0.262. The third-order valence-corrected chi connectivity index (χ3v) is 5.13. The molecule has 0 atom stereocenters. The molecule has 0 saturated carbocycles. The first-order valence-electron chi connectivity index (χ1n) is 10.6. The van der Waals surface area contributed by atoms with E-state index in [1.807, 2.05) is 4.90 Å². The van der Waals surface area contributed by atoms with Crippen molar-refractivity contribution < 1.29 is 33.4 Å². The molecule has 1 saturated heterocycles. The number of thiocarbonyl (C=S) groups is 1. The minimum absolute atomic E-state index is 0.0588. The van der Waals surface area contributed by atoms with Gasteiger partial charge in [-0.3, -0.25) is 19.8 Å². The zero-order chi connectivity index (χ0) is 24.1. The maximum Gasteiger partial charge on any atom is 0.270 e. The van der Waals surface area contributed by atoms with Crippen LogP contribution in [-0.4, -0.2) is 106 Å². The minimum atomic E-state index is -0.539. The molecule has 0 spiro atoms. The number of ether oxygens (including phenoxy) is 5. The van der Waals surface area contributed by atoms with Crippen molar-refractivity contribution in [2.45, 2.75) is 6.54 Å². The maximum absolute atomic E-state index is 11.7. The van der Waals surface area contributed by atoms with Crippen LogP contribution in [0.1, 0.15) is 15.9 Å². The largest absolute Gasteiger partial charge is 0.431 e. The Morgan fingerprint density at radius 1 is 1.06 bits per heavy atom. The van der Waals surface area contributed by atoms with Gasteiger partial charge in [0.25, 0.3) is 10.9 Å². The number of nitrogens with zero attached hydrogens (tertiary/aromatic N) is 3. The molecule has 1 aromatic rings. The van der Waals surface area contributed by atoms with Crippen LogP contribution in [0.2, 0.25) is 0 Å². The van der Waals surface area contributed by atoms with E-state index < -0.39 is 4.92 Å². The molecular weight excluding hydrogens is 454 g/mol. The lowest BCUT2D eigenvalue weighted by atomic mass is 10.1. The van der Waals surface area contributed by atoms with Crippen molar-refractivity contribution >= 4 is 29.4 Å². The molecule has 2 rings (SSSR count). The Morgan fingerprint density at radius 3 is 2.03 bits per heavy atom. The van der Waals surface area contributed by atoms with Gasteiger partial charge in [-0.15, -0.1) is 0 Å². The third-order valence-electron chi connectivity index (χ3n) is 4.69. The van der Waals surface area contributed by atoms with Crippen LogP contribution in [0.4, 0.5) is 5.69 Å². The molecule has 33 heavy (non-hydrogen) atoms. The maximum atomic E-state index is 11.7. The third kappa shape index (κ3) is 9.66. The topological polar surface area (TPSA) is 113 Å². The van der Waals surface area contributed by atoms with Crippen LogP contribution in [0.3, 0.4) is 0 Å². The number of nitro groups is 1. The molecular formula is C21H31N3O8S. The lowest BCUT2D eigenvalue weighted by molar-refractivity contribution is -0.385. The SMILES string of the molecule is CN(C)C(=S)Oc1c(C=O)cc([N+](=O)[O-])cc1CN1CCOCCOCCOCCOCC1. The number of rotatable bonds is 5. The van der Waals surface area contributed by atoms with E-state index in [0.717, 1.165) is 0 Å². The predicted molar refractivity (Wildman–Crippen MR) is 124 cm³/mol. The fraction of sp³-hybridized carbons (Fsp3) is 0.619. The van der Waals surface area contributed by atoms with Gasteiger partial charge in [-0.25, -0.2) is 0 Å². The number of carbonyl (C=O) groups is 1. The number of benzene rings is 1. The number of non-ortho nitro benzene ring substituents is 1. The monoisotopic (exact) mass is 485 g/mol. The molecule has 0 amide bonds. The Bertz CT molecular complexity index is 777. The molecule has 1 aliphatic heterocycles. The standard InChI is InChI=1S/C21H31N3O8S/c1-22(2)21(33)32-20-17(13-19(24(26)27)14-18(20)16-25)15-23-3-5-28-7-9-30-11-12-31-10-8-29-6-4-23/h13-14,16H,3-12,15H2,1-2H3. The van der Waals surface area contributed by atoms with Crippen molar-refractivity contribution in [2.75, 3.05) is 80.0 Å². The zero-order valence-electron chi connectivity index (χ0n) is 19.0. The average Bonchev–Trinajstić information content (AvgIpc) is 2.79. The van der Waals surface area contributed by atoms with Gasteiger partial charge in [0.1, 0.15) is 5.75 Å². The van der Waals surface area contributed by atoms with Crippen molar-refractivity contribution in [3.63, 3.8) is 0 Å². The van der Waals surface area contributed by atoms with Crippen LogP contribution in [0.25, 0.3) is 0 Å². The molecule has 1 aromatic carbocycles. The first-order valence-corrected chi connectivity index (χ1v) is 11.0. The number of hydrogen-bond acceptors (Lipinski definition) is 10. The van der Waals surface area contributed by atoms with E-state index in [2.05, 4.69) is 0 Å². The summed E-state index contributed by atoms with van der Waals surface area (Å²) in [5, 5.41) is 11.6. The molecule has 0 aromatic heterocycles. The molecule has 1 fully saturated rings. The van der Waals surface area contributed by atoms with Crippen LogP contribution in [-0.2, 0) is 25.5 Å². The highest BCUT2D eigenvalue weighted by Gasteiger charge is 2.21. The Balaban J connectivity index is 2.23. The van der Waals surface area contributed by atoms with Crippen molar-refractivity contribution in [3.05, 3.63) is 33.4 Å². The van der Waals surface area contributed by atoms with Gasteiger partial charge in [0.2, 0.25) is 0 Å². The molecule has 0 unspecified atom stereocenters. The Hall–Kier alpha value is -2.22. The van der Waals surface area contributed by atoms with Crippen LogP contribution >= 0.6 is 12.2 Å². The number of nitro benzene ring substituents is 1. The Morgan fingerprint density at radius 2 is 1.58 bits per heavy atom. The highest BCUT2D eigenvalue weighted by atomic mass is 32.1. The molecule has 11 nitrogen and oxygen atoms in total. The van der Waals surface area contributed by atoms with E-state index in [1.54, 1.807) is 19.0 Å². The Kier molecular flexibility index (Phi) is 12.1. The summed E-state index contributed by atoms with van der Waals surface area (Å²) in [5.41, 5.74) is 0.332. The summed E-state index contributed by atoms with van der Waals surface area (Å²) in [4.78, 5) is 26.2. The molecule has 0 bridgehead atoms. The highest BCUT2D eigenvalue weighted by molar-refractivity contribution is 7.80. The summed E-state index contributed by atoms with van der Waals surface area (Å²) in [5.74, 6) is 0.203. The van der Waals surface area contributed by atoms with Gasteiger partial charge in [-0.2, -0.15) is 0 Å². The molecule has 1 heterocycles. The number of hydrogen-bond donors (Lipinski definition) is 0. The van der Waals surface area contributed by atoms with Gasteiger partial charge in [0, 0.05) is 51.4 Å².